The SMILES string of the molecule is CCCCCCCCCCCCCCCCCCC(C)OC(=O)CO. The maximum atomic E-state index is 10.9. The topological polar surface area (TPSA) is 46.5 Å². The van der Waals surface area contributed by atoms with Gasteiger partial charge < -0.3 is 9.84 Å². The third-order valence-electron chi connectivity index (χ3n) is 4.93. The first-order valence-electron chi connectivity index (χ1n) is 11.0. The Bertz CT molecular complexity index is 278. The van der Waals surface area contributed by atoms with Crippen LogP contribution < -0.4 is 0 Å². The summed E-state index contributed by atoms with van der Waals surface area (Å²) in [4.78, 5) is 10.9. The Morgan fingerprint density at radius 1 is 0.720 bits per heavy atom. The van der Waals surface area contributed by atoms with Crippen LogP contribution in [-0.4, -0.2) is 23.8 Å². The first kappa shape index (κ1) is 24.4. The highest BCUT2D eigenvalue weighted by molar-refractivity contribution is 5.70. The zero-order valence-corrected chi connectivity index (χ0v) is 17.1. The second kappa shape index (κ2) is 19.8. The number of carbonyl (C=O) groups excluding carboxylic acids is 1. The van der Waals surface area contributed by atoms with Gasteiger partial charge in [0.15, 0.2) is 0 Å². The molecule has 0 aliphatic carbocycles. The maximum Gasteiger partial charge on any atom is 0.332 e. The van der Waals surface area contributed by atoms with Crippen molar-refractivity contribution in [3.05, 3.63) is 0 Å². The van der Waals surface area contributed by atoms with Gasteiger partial charge in [-0.05, 0) is 19.8 Å². The molecule has 0 amide bonds. The van der Waals surface area contributed by atoms with Crippen LogP contribution in [0.25, 0.3) is 0 Å². The van der Waals surface area contributed by atoms with E-state index in [1.165, 1.54) is 96.3 Å². The van der Waals surface area contributed by atoms with Crippen molar-refractivity contribution in [1.29, 1.82) is 0 Å². The maximum absolute atomic E-state index is 10.9. The van der Waals surface area contributed by atoms with Gasteiger partial charge in [-0.2, -0.15) is 0 Å². The molecule has 0 aliphatic rings. The van der Waals surface area contributed by atoms with Crippen molar-refractivity contribution in [2.75, 3.05) is 6.61 Å². The number of esters is 1. The van der Waals surface area contributed by atoms with Gasteiger partial charge in [0.05, 0.1) is 6.10 Å². The van der Waals surface area contributed by atoms with E-state index >= 15 is 0 Å². The molecule has 0 heterocycles. The average molecular weight is 357 g/mol. The smallest absolute Gasteiger partial charge is 0.332 e. The van der Waals surface area contributed by atoms with Crippen LogP contribution >= 0.6 is 0 Å². The zero-order chi connectivity index (χ0) is 18.6. The number of carbonyl (C=O) groups is 1. The standard InChI is InChI=1S/C22H44O3/c1-3-4-5-6-7-8-9-10-11-12-13-14-15-16-17-18-19-21(2)25-22(24)20-23/h21,23H,3-20H2,1-2H3. The molecule has 0 radical (unpaired) electrons. The van der Waals surface area contributed by atoms with E-state index in [1.54, 1.807) is 0 Å². The molecule has 0 aromatic carbocycles. The van der Waals surface area contributed by atoms with Crippen molar-refractivity contribution in [3.8, 4) is 0 Å². The summed E-state index contributed by atoms with van der Waals surface area (Å²) in [7, 11) is 0. The van der Waals surface area contributed by atoms with Crippen molar-refractivity contribution in [2.24, 2.45) is 0 Å². The molecule has 150 valence electrons. The van der Waals surface area contributed by atoms with Gasteiger partial charge in [-0.3, -0.25) is 0 Å². The molecule has 3 nitrogen and oxygen atoms in total. The van der Waals surface area contributed by atoms with E-state index in [2.05, 4.69) is 6.92 Å². The lowest BCUT2D eigenvalue weighted by Gasteiger charge is -2.11. The number of ether oxygens (including phenoxy) is 1. The number of aliphatic hydroxyl groups is 1. The van der Waals surface area contributed by atoms with Crippen LogP contribution in [-0.2, 0) is 9.53 Å². The van der Waals surface area contributed by atoms with Crippen LogP contribution in [0.4, 0.5) is 0 Å². The molecule has 0 saturated carbocycles. The summed E-state index contributed by atoms with van der Waals surface area (Å²) < 4.78 is 5.03. The minimum absolute atomic E-state index is 0.0636. The molecule has 0 bridgehead atoms. The molecular formula is C22H44O3. The number of aliphatic hydroxyl groups excluding tert-OH is 1. The quantitative estimate of drug-likeness (QED) is 0.210. The average Bonchev–Trinajstić information content (AvgIpc) is 2.61. The summed E-state index contributed by atoms with van der Waals surface area (Å²) in [5.41, 5.74) is 0. The zero-order valence-electron chi connectivity index (χ0n) is 17.1. The molecule has 0 fully saturated rings. The Labute approximate surface area is 156 Å². The fourth-order valence-electron chi connectivity index (χ4n) is 3.30. The number of hydrogen-bond acceptors (Lipinski definition) is 3. The van der Waals surface area contributed by atoms with Crippen LogP contribution in [0.15, 0.2) is 0 Å². The summed E-state index contributed by atoms with van der Waals surface area (Å²) in [6, 6.07) is 0. The predicted octanol–water partition coefficient (Wildman–Crippen LogP) is 6.56. The van der Waals surface area contributed by atoms with Gasteiger partial charge in [0.2, 0.25) is 0 Å². The monoisotopic (exact) mass is 356 g/mol. The predicted molar refractivity (Wildman–Crippen MR) is 107 cm³/mol. The van der Waals surface area contributed by atoms with E-state index in [1.807, 2.05) is 6.92 Å². The Hall–Kier alpha value is -0.570. The van der Waals surface area contributed by atoms with E-state index < -0.39 is 12.6 Å². The van der Waals surface area contributed by atoms with E-state index in [4.69, 9.17) is 9.84 Å². The molecular weight excluding hydrogens is 312 g/mol. The van der Waals surface area contributed by atoms with Gasteiger partial charge in [0.1, 0.15) is 6.61 Å². The van der Waals surface area contributed by atoms with Crippen molar-refractivity contribution >= 4 is 5.97 Å². The highest BCUT2D eigenvalue weighted by atomic mass is 16.6. The fourth-order valence-corrected chi connectivity index (χ4v) is 3.30. The van der Waals surface area contributed by atoms with E-state index in [0.29, 0.717) is 0 Å². The van der Waals surface area contributed by atoms with Gasteiger partial charge >= 0.3 is 5.97 Å². The molecule has 1 N–H and O–H groups in total. The normalized spacial score (nSPS) is 12.3. The van der Waals surface area contributed by atoms with Crippen LogP contribution in [0.2, 0.25) is 0 Å². The first-order chi connectivity index (χ1) is 12.2. The highest BCUT2D eigenvalue weighted by Crippen LogP contribution is 2.14. The second-order valence-electron chi connectivity index (χ2n) is 7.55. The summed E-state index contributed by atoms with van der Waals surface area (Å²) in [5.74, 6) is -0.510. The third-order valence-corrected chi connectivity index (χ3v) is 4.93. The molecule has 0 aliphatic heterocycles. The number of rotatable bonds is 19. The lowest BCUT2D eigenvalue weighted by Crippen LogP contribution is -2.17. The van der Waals surface area contributed by atoms with E-state index in [0.717, 1.165) is 12.8 Å². The minimum atomic E-state index is -0.511. The van der Waals surface area contributed by atoms with Crippen molar-refractivity contribution in [1.82, 2.24) is 0 Å². The lowest BCUT2D eigenvalue weighted by molar-refractivity contribution is -0.151. The molecule has 0 saturated heterocycles. The largest absolute Gasteiger partial charge is 0.461 e. The van der Waals surface area contributed by atoms with Crippen LogP contribution in [0.5, 0.6) is 0 Å². The minimum Gasteiger partial charge on any atom is -0.461 e. The number of unbranched alkanes of at least 4 members (excludes halogenated alkanes) is 15. The molecule has 0 aromatic rings. The Balaban J connectivity index is 3.10. The van der Waals surface area contributed by atoms with Gasteiger partial charge in [-0.25, -0.2) is 4.79 Å². The van der Waals surface area contributed by atoms with Gasteiger partial charge in [-0.1, -0.05) is 103 Å². The molecule has 25 heavy (non-hydrogen) atoms. The van der Waals surface area contributed by atoms with E-state index in [-0.39, 0.29) is 6.10 Å². The molecule has 3 heteroatoms. The Kier molecular flexibility index (Phi) is 19.3. The summed E-state index contributed by atoms with van der Waals surface area (Å²) >= 11 is 0. The highest BCUT2D eigenvalue weighted by Gasteiger charge is 2.07. The van der Waals surface area contributed by atoms with Gasteiger partial charge in [0, 0.05) is 0 Å². The Morgan fingerprint density at radius 2 is 1.08 bits per heavy atom. The second-order valence-corrected chi connectivity index (χ2v) is 7.55. The first-order valence-corrected chi connectivity index (χ1v) is 11.0. The van der Waals surface area contributed by atoms with Crippen molar-refractivity contribution < 1.29 is 14.6 Å². The molecule has 1 unspecified atom stereocenters. The van der Waals surface area contributed by atoms with E-state index in [9.17, 15) is 4.79 Å². The molecule has 0 spiro atoms. The van der Waals surface area contributed by atoms with Crippen LogP contribution in [0.3, 0.4) is 0 Å². The van der Waals surface area contributed by atoms with Crippen molar-refractivity contribution in [2.45, 2.75) is 129 Å². The fraction of sp³-hybridized carbons (Fsp3) is 0.955. The summed E-state index contributed by atoms with van der Waals surface area (Å²) in [6.07, 6.45) is 22.8. The molecule has 0 aromatic heterocycles. The van der Waals surface area contributed by atoms with Gasteiger partial charge in [-0.15, -0.1) is 0 Å². The molecule has 1 atom stereocenters. The lowest BCUT2D eigenvalue weighted by atomic mass is 10.0. The number of hydrogen-bond donors (Lipinski definition) is 1. The van der Waals surface area contributed by atoms with Crippen LogP contribution in [0.1, 0.15) is 123 Å². The third kappa shape index (κ3) is 19.6. The van der Waals surface area contributed by atoms with Crippen LogP contribution in [0, 0.1) is 0 Å². The van der Waals surface area contributed by atoms with Gasteiger partial charge in [0.25, 0.3) is 0 Å². The Morgan fingerprint density at radius 3 is 1.44 bits per heavy atom. The van der Waals surface area contributed by atoms with Crippen molar-refractivity contribution in [3.63, 3.8) is 0 Å². The molecule has 0 rings (SSSR count). The summed E-state index contributed by atoms with van der Waals surface area (Å²) in [5, 5.41) is 8.62. The summed E-state index contributed by atoms with van der Waals surface area (Å²) in [6.45, 7) is 3.67.